The number of aromatic nitrogens is 8. The van der Waals surface area contributed by atoms with Crippen molar-refractivity contribution in [3.8, 4) is 0 Å². The Labute approximate surface area is 794 Å². The van der Waals surface area contributed by atoms with Crippen LogP contribution in [0.15, 0.2) is 68.6 Å². The Hall–Kier alpha value is -11.8. The molecule has 4 aromatic carbocycles. The standard InChI is InChI=1S/C24H31N5O5S.C23H31N5O6S.C22H29N5O6S.C22H27N5O5S/c1-28(17-9-11-34-12-10-17)23(30)20-14-21(26-29(20)2)35(32,33)27-24(31)25-22-18-7-3-5-15(18)13-16-6-4-8-19(16)22;1-27-19(22(30)28(9-11-29)10-12-34-2)14-20(25-27)35(32,33)26-23(31)24-21-17-7-3-5-15(17)13-16-6-4-8-18(16)21;1-26-18(21(30)27(8-10-28)9-11-29)13-19(24-26)34(32,33)25-22(31)23-20-16-6-2-4-14(16)12-15-5-3-7-17(15)20;1-26(15-11-32-12-15)21(28)18-10-19(24-27(18)2)33(30,31)25-22(29)23-20-16-7-3-5-13(16)9-14-6-4-8-17(14)20/h13-14,17H,3-12H2,1-2H3,(H2,25,27,31);13-14,29H,3-12H2,1-2H3,(H2,24,26,31);12-13,28-29H,2-11H2,1H3,(H2,23,25,31);9-10,15H,3-8,11-12H2,1-2H3,(H2,23,25,29). The van der Waals surface area contributed by atoms with Crippen LogP contribution in [0.4, 0.5) is 41.9 Å². The second-order valence-corrected chi connectivity index (χ2v) is 42.3. The molecule has 2 aliphatic heterocycles. The van der Waals surface area contributed by atoms with Crippen LogP contribution < -0.4 is 40.2 Å². The Morgan fingerprint density at radius 2 is 0.584 bits per heavy atom. The number of carbonyl (C=O) groups excluding carboxylic acids is 8. The maximum Gasteiger partial charge on any atom is 0.333 e. The molecule has 2 saturated heterocycles. The number of aliphatic hydroxyl groups is 3. The number of likely N-dealkylation sites (N-methyl/N-ethyl adjacent to an activating group) is 1. The Morgan fingerprint density at radius 1 is 0.350 bits per heavy atom. The highest BCUT2D eigenvalue weighted by Gasteiger charge is 2.38. The molecule has 18 rings (SSSR count). The van der Waals surface area contributed by atoms with Gasteiger partial charge < -0.3 is 70.4 Å². The summed E-state index contributed by atoms with van der Waals surface area (Å²) >= 11 is 0. The number of benzene rings is 4. The van der Waals surface area contributed by atoms with Crippen LogP contribution in [0.3, 0.4) is 0 Å². The molecule has 4 aromatic heterocycles. The number of hydrogen-bond acceptors (Lipinski definition) is 26. The van der Waals surface area contributed by atoms with E-state index in [1.807, 2.05) is 9.44 Å². The summed E-state index contributed by atoms with van der Waals surface area (Å²) in [4.78, 5) is 108. The molecule has 0 unspecified atom stereocenters. The molecule has 6 heterocycles. The number of hydrogen-bond donors (Lipinski definition) is 11. The third-order valence-corrected chi connectivity index (χ3v) is 31.8. The van der Waals surface area contributed by atoms with E-state index in [1.165, 1.54) is 116 Å². The first-order valence-electron chi connectivity index (χ1n) is 46.3. The van der Waals surface area contributed by atoms with Crippen molar-refractivity contribution in [1.29, 1.82) is 0 Å². The van der Waals surface area contributed by atoms with Crippen molar-refractivity contribution in [2.24, 2.45) is 28.2 Å². The van der Waals surface area contributed by atoms with Gasteiger partial charge in [0.15, 0.2) is 20.1 Å². The van der Waals surface area contributed by atoms with Gasteiger partial charge in [0.05, 0.1) is 45.7 Å². The lowest BCUT2D eigenvalue weighted by Gasteiger charge is -2.34. The van der Waals surface area contributed by atoms with Gasteiger partial charge in [-0.3, -0.25) is 37.9 Å². The van der Waals surface area contributed by atoms with E-state index in [-0.39, 0.29) is 109 Å². The zero-order valence-electron chi connectivity index (χ0n) is 77.7. The number of aryl methyl sites for hydroxylation is 12. The number of carbonyl (C=O) groups is 8. The minimum absolute atomic E-state index is 0.00837. The molecule has 0 bridgehead atoms. The van der Waals surface area contributed by atoms with E-state index in [2.05, 4.69) is 75.4 Å². The topological polar surface area (TPSA) is 542 Å². The fourth-order valence-corrected chi connectivity index (χ4v) is 23.5. The Kier molecular flexibility index (Phi) is 30.8. The van der Waals surface area contributed by atoms with E-state index >= 15 is 0 Å². The van der Waals surface area contributed by atoms with Crippen LogP contribution in [-0.4, -0.2) is 268 Å². The molecule has 8 aliphatic carbocycles. The highest BCUT2D eigenvalue weighted by molar-refractivity contribution is 7.90. The number of ether oxygens (including phenoxy) is 3. The summed E-state index contributed by atoms with van der Waals surface area (Å²) in [6.07, 6.45) is 24.2. The summed E-state index contributed by atoms with van der Waals surface area (Å²) in [5, 5.41) is 52.9. The van der Waals surface area contributed by atoms with Crippen molar-refractivity contribution in [1.82, 2.24) is 77.6 Å². The molecule has 0 spiro atoms. The van der Waals surface area contributed by atoms with Crippen molar-refractivity contribution in [3.63, 3.8) is 0 Å². The quantitative estimate of drug-likeness (QED) is 0.0327. The van der Waals surface area contributed by atoms with Gasteiger partial charge in [-0.2, -0.15) is 54.1 Å². The number of sulfonamides is 4. The zero-order valence-corrected chi connectivity index (χ0v) is 81.0. The highest BCUT2D eigenvalue weighted by atomic mass is 32.2. The average molecular weight is 1970 g/mol. The molecule has 0 atom stereocenters. The molecule has 42 nitrogen and oxygen atoms in total. The van der Waals surface area contributed by atoms with Gasteiger partial charge in [-0.25, -0.2) is 38.1 Å². The van der Waals surface area contributed by atoms with Crippen molar-refractivity contribution < 1.29 is 102 Å². The maximum absolute atomic E-state index is 13.0. The van der Waals surface area contributed by atoms with Gasteiger partial charge in [-0.15, -0.1) is 0 Å². The summed E-state index contributed by atoms with van der Waals surface area (Å²) in [6.45, 7) is 1.64. The lowest BCUT2D eigenvalue weighted by molar-refractivity contribution is -0.0470. The van der Waals surface area contributed by atoms with Crippen LogP contribution in [-0.2, 0) is 185 Å². The summed E-state index contributed by atoms with van der Waals surface area (Å²) in [5.41, 5.74) is 21.8. The fourth-order valence-electron chi connectivity index (χ4n) is 19.9. The number of nitrogens with zero attached hydrogens (tertiary/aromatic N) is 12. The number of fused-ring (bicyclic) bond motifs is 8. The SMILES string of the molecule is CN(C(=O)c1cc(S(=O)(=O)NC(=O)Nc2c3c(cc4c2CCC4)CCC3)nn1C)C1CCOCC1.CN(C(=O)c1cc(S(=O)(=O)NC(=O)Nc2c3c(cc4c2CCC4)CCC3)nn1C)C1COC1.COCCN(CCO)C(=O)c1cc(S(=O)(=O)NC(=O)Nc2c3c(cc4c2CCC4)CCC3)nn1C.Cn1nc(S(=O)(=O)NC(=O)Nc2c3c(cc4c2CCC4)CCC3)cc1C(=O)N(CCO)CCO. The molecule has 137 heavy (non-hydrogen) atoms. The molecule has 11 N–H and O–H groups in total. The van der Waals surface area contributed by atoms with Crippen LogP contribution in [0.5, 0.6) is 0 Å². The Bertz CT molecular complexity index is 6230. The molecule has 12 amide bonds. The van der Waals surface area contributed by atoms with E-state index < -0.39 is 86.1 Å². The molecule has 46 heteroatoms. The van der Waals surface area contributed by atoms with Gasteiger partial charge in [0.1, 0.15) is 22.8 Å². The fraction of sp³-hybridized carbons (Fsp3) is 0.516. The van der Waals surface area contributed by atoms with Crippen LogP contribution in [0.25, 0.3) is 0 Å². The third kappa shape index (κ3) is 21.9. The lowest BCUT2D eigenvalue weighted by Crippen LogP contribution is -2.49. The number of urea groups is 4. The summed E-state index contributed by atoms with van der Waals surface area (Å²) in [7, 11) is -6.56. The lowest BCUT2D eigenvalue weighted by atomic mass is 9.99. The molecular formula is C91H118N20O22S4. The first kappa shape index (κ1) is 99.7. The highest BCUT2D eigenvalue weighted by Crippen LogP contribution is 2.44. The minimum atomic E-state index is -4.36. The average Bonchev–Trinajstić information content (AvgIpc) is 1.63. The number of anilines is 4. The van der Waals surface area contributed by atoms with Crippen molar-refractivity contribution in [3.05, 3.63) is 160 Å². The number of methoxy groups -OCH3 is 1. The van der Waals surface area contributed by atoms with E-state index in [4.69, 9.17) is 24.4 Å². The van der Waals surface area contributed by atoms with Gasteiger partial charge in [0.2, 0.25) is 0 Å². The van der Waals surface area contributed by atoms with Gasteiger partial charge in [-0.05, 0) is 256 Å². The first-order valence-corrected chi connectivity index (χ1v) is 52.2. The Balaban J connectivity index is 0.000000139. The molecule has 738 valence electrons. The first-order chi connectivity index (χ1) is 65.5. The predicted molar refractivity (Wildman–Crippen MR) is 500 cm³/mol. The number of aliphatic hydroxyl groups excluding tert-OH is 3. The molecule has 0 saturated carbocycles. The summed E-state index contributed by atoms with van der Waals surface area (Å²) in [6, 6.07) is 10.1. The van der Waals surface area contributed by atoms with E-state index in [0.717, 1.165) is 256 Å². The number of rotatable bonds is 27. The molecular weight excluding hydrogens is 1850 g/mol. The van der Waals surface area contributed by atoms with Crippen molar-refractivity contribution >= 4 is 111 Å². The van der Waals surface area contributed by atoms with Crippen molar-refractivity contribution in [2.75, 3.05) is 122 Å². The van der Waals surface area contributed by atoms with Crippen LogP contribution in [0, 0.1) is 0 Å². The normalized spacial score (nSPS) is 16.0. The smallest absolute Gasteiger partial charge is 0.333 e. The molecule has 8 aromatic rings. The monoisotopic (exact) mass is 1970 g/mol. The molecule has 2 fully saturated rings. The van der Waals surface area contributed by atoms with Gasteiger partial charge >= 0.3 is 24.1 Å². The molecule has 10 aliphatic rings. The molecule has 0 radical (unpaired) electrons. The largest absolute Gasteiger partial charge is 0.395 e. The zero-order chi connectivity index (χ0) is 97.7. The second-order valence-electron chi connectivity index (χ2n) is 35.8. The minimum Gasteiger partial charge on any atom is -0.395 e. The second kappa shape index (κ2) is 42.3. The van der Waals surface area contributed by atoms with Crippen LogP contribution in [0.2, 0.25) is 0 Å². The van der Waals surface area contributed by atoms with Gasteiger partial charge in [0.25, 0.3) is 63.7 Å². The van der Waals surface area contributed by atoms with Crippen molar-refractivity contribution in [2.45, 2.75) is 199 Å². The van der Waals surface area contributed by atoms with Crippen LogP contribution in [0.1, 0.15) is 195 Å². The van der Waals surface area contributed by atoms with Crippen LogP contribution >= 0.6 is 0 Å². The Morgan fingerprint density at radius 3 is 0.810 bits per heavy atom. The van der Waals surface area contributed by atoms with E-state index in [0.29, 0.717) is 26.4 Å². The number of amides is 12. The number of nitrogens with one attached hydrogen (secondary N) is 8. The van der Waals surface area contributed by atoms with E-state index in [9.17, 15) is 77.1 Å². The van der Waals surface area contributed by atoms with E-state index in [1.54, 1.807) is 19.0 Å². The van der Waals surface area contributed by atoms with Gasteiger partial charge in [0, 0.05) is 142 Å². The third-order valence-electron chi connectivity index (χ3n) is 27.0. The predicted octanol–water partition coefficient (Wildman–Crippen LogP) is 4.86. The maximum atomic E-state index is 13.0. The summed E-state index contributed by atoms with van der Waals surface area (Å²) < 4.78 is 132. The van der Waals surface area contributed by atoms with Gasteiger partial charge in [-0.1, -0.05) is 24.3 Å². The summed E-state index contributed by atoms with van der Waals surface area (Å²) in [5.74, 6) is -1.79.